The molecule has 0 amide bonds. The average molecular weight is 271 g/mol. The summed E-state index contributed by atoms with van der Waals surface area (Å²) in [5.41, 5.74) is 8.47. The quantitative estimate of drug-likeness (QED) is 0.906. The first-order valence-corrected chi connectivity index (χ1v) is 7.28. The highest BCUT2D eigenvalue weighted by Gasteiger charge is 2.29. The van der Waals surface area contributed by atoms with Crippen LogP contribution in [0.1, 0.15) is 38.8 Å². The van der Waals surface area contributed by atoms with E-state index in [0.29, 0.717) is 6.54 Å². The van der Waals surface area contributed by atoms with E-state index in [1.54, 1.807) is 0 Å². The summed E-state index contributed by atoms with van der Waals surface area (Å²) in [6.45, 7) is 7.32. The van der Waals surface area contributed by atoms with Gasteiger partial charge >= 0.3 is 0 Å². The van der Waals surface area contributed by atoms with E-state index >= 15 is 0 Å². The van der Waals surface area contributed by atoms with Crippen LogP contribution in [-0.4, -0.2) is 29.0 Å². The fourth-order valence-electron chi connectivity index (χ4n) is 2.56. The van der Waals surface area contributed by atoms with Crippen LogP contribution in [0.3, 0.4) is 0 Å². The highest BCUT2D eigenvalue weighted by Crippen LogP contribution is 2.31. The van der Waals surface area contributed by atoms with Crippen LogP contribution in [-0.2, 0) is 0 Å². The number of pyridine rings is 1. The number of para-hydroxylation sites is 1. The average Bonchev–Trinajstić information content (AvgIpc) is 2.48. The third kappa shape index (κ3) is 2.69. The zero-order valence-electron chi connectivity index (χ0n) is 12.9. The fourth-order valence-corrected chi connectivity index (χ4v) is 2.56. The van der Waals surface area contributed by atoms with Gasteiger partial charge in [0.2, 0.25) is 0 Å². The Labute approximate surface area is 121 Å². The molecule has 1 aromatic carbocycles. The maximum Gasteiger partial charge on any atom is 0.0750 e. The van der Waals surface area contributed by atoms with Gasteiger partial charge in [-0.05, 0) is 38.9 Å². The summed E-state index contributed by atoms with van der Waals surface area (Å²) in [4.78, 5) is 6.93. The van der Waals surface area contributed by atoms with Crippen LogP contribution in [0.4, 0.5) is 0 Å². The van der Waals surface area contributed by atoms with E-state index in [9.17, 15) is 0 Å². The molecule has 2 aromatic rings. The Bertz CT molecular complexity index is 572. The minimum absolute atomic E-state index is 0.112. The van der Waals surface area contributed by atoms with Crippen molar-refractivity contribution >= 4 is 10.9 Å². The van der Waals surface area contributed by atoms with E-state index in [1.165, 1.54) is 10.9 Å². The van der Waals surface area contributed by atoms with Crippen molar-refractivity contribution in [1.82, 2.24) is 9.88 Å². The maximum atomic E-state index is 6.08. The van der Waals surface area contributed by atoms with Gasteiger partial charge < -0.3 is 5.73 Å². The molecule has 0 saturated heterocycles. The molecule has 1 aromatic heterocycles. The number of fused-ring (bicyclic) bond motifs is 1. The van der Waals surface area contributed by atoms with E-state index in [1.807, 2.05) is 12.3 Å². The molecule has 1 unspecified atom stereocenters. The van der Waals surface area contributed by atoms with Crippen LogP contribution >= 0.6 is 0 Å². The Morgan fingerprint density at radius 2 is 1.95 bits per heavy atom. The van der Waals surface area contributed by atoms with Crippen molar-refractivity contribution in [3.63, 3.8) is 0 Å². The number of likely N-dealkylation sites (N-methyl/N-ethyl adjacent to an activating group) is 1. The number of benzene rings is 1. The van der Waals surface area contributed by atoms with Crippen LogP contribution in [0.5, 0.6) is 0 Å². The van der Waals surface area contributed by atoms with Gasteiger partial charge in [-0.2, -0.15) is 0 Å². The van der Waals surface area contributed by atoms with Crippen LogP contribution in [0.25, 0.3) is 10.9 Å². The van der Waals surface area contributed by atoms with Crippen LogP contribution in [0.2, 0.25) is 0 Å². The van der Waals surface area contributed by atoms with E-state index in [2.05, 4.69) is 62.0 Å². The molecule has 108 valence electrons. The highest BCUT2D eigenvalue weighted by molar-refractivity contribution is 5.82. The van der Waals surface area contributed by atoms with Crippen LogP contribution in [0, 0.1) is 0 Å². The van der Waals surface area contributed by atoms with Crippen molar-refractivity contribution in [1.29, 1.82) is 0 Å². The smallest absolute Gasteiger partial charge is 0.0750 e. The standard InChI is InChI=1S/C17H25N3/c1-5-17(2,3)20(4)15(12-18)14-10-6-8-13-9-7-11-19-16(13)14/h6-11,15H,5,12,18H2,1-4H3. The van der Waals surface area contributed by atoms with Gasteiger partial charge in [-0.25, -0.2) is 0 Å². The Hall–Kier alpha value is -1.45. The molecule has 0 radical (unpaired) electrons. The zero-order chi connectivity index (χ0) is 14.8. The molecule has 0 aliphatic carbocycles. The molecule has 0 aliphatic rings. The van der Waals surface area contributed by atoms with Crippen molar-refractivity contribution in [2.24, 2.45) is 5.73 Å². The topological polar surface area (TPSA) is 42.1 Å². The molecular formula is C17H25N3. The number of nitrogens with two attached hydrogens (primary N) is 1. The summed E-state index contributed by atoms with van der Waals surface area (Å²) < 4.78 is 0. The lowest BCUT2D eigenvalue weighted by Crippen LogP contribution is -2.45. The van der Waals surface area contributed by atoms with E-state index < -0.39 is 0 Å². The zero-order valence-corrected chi connectivity index (χ0v) is 12.9. The molecule has 0 fully saturated rings. The summed E-state index contributed by atoms with van der Waals surface area (Å²) in [6.07, 6.45) is 2.93. The first kappa shape index (κ1) is 14.9. The number of rotatable bonds is 5. The monoisotopic (exact) mass is 271 g/mol. The van der Waals surface area contributed by atoms with E-state index in [4.69, 9.17) is 5.73 Å². The van der Waals surface area contributed by atoms with Crippen LogP contribution < -0.4 is 5.73 Å². The van der Waals surface area contributed by atoms with Gasteiger partial charge in [-0.1, -0.05) is 31.2 Å². The lowest BCUT2D eigenvalue weighted by Gasteiger charge is -2.40. The van der Waals surface area contributed by atoms with Gasteiger partial charge in [0.15, 0.2) is 0 Å². The summed E-state index contributed by atoms with van der Waals surface area (Å²) in [5.74, 6) is 0. The summed E-state index contributed by atoms with van der Waals surface area (Å²) in [7, 11) is 2.16. The Balaban J connectivity index is 2.50. The third-order valence-corrected chi connectivity index (χ3v) is 4.53. The summed E-state index contributed by atoms with van der Waals surface area (Å²) in [6, 6.07) is 10.6. The van der Waals surface area contributed by atoms with Gasteiger partial charge in [0.05, 0.1) is 5.52 Å². The third-order valence-electron chi connectivity index (χ3n) is 4.53. The van der Waals surface area contributed by atoms with Gasteiger partial charge in [0.1, 0.15) is 0 Å². The number of aromatic nitrogens is 1. The maximum absolute atomic E-state index is 6.08. The Morgan fingerprint density at radius 3 is 2.60 bits per heavy atom. The van der Waals surface area contributed by atoms with Crippen molar-refractivity contribution < 1.29 is 0 Å². The van der Waals surface area contributed by atoms with Crippen LogP contribution in [0.15, 0.2) is 36.5 Å². The predicted molar refractivity (Wildman–Crippen MR) is 85.7 cm³/mol. The second kappa shape index (κ2) is 5.90. The summed E-state index contributed by atoms with van der Waals surface area (Å²) in [5, 5.41) is 1.17. The molecule has 0 spiro atoms. The molecular weight excluding hydrogens is 246 g/mol. The number of hydrogen-bond acceptors (Lipinski definition) is 3. The number of nitrogens with zero attached hydrogens (tertiary/aromatic N) is 2. The SMILES string of the molecule is CCC(C)(C)N(C)C(CN)c1cccc2cccnc12. The molecule has 2 rings (SSSR count). The molecule has 0 aliphatic heterocycles. The normalized spacial score (nSPS) is 13.9. The highest BCUT2D eigenvalue weighted by atomic mass is 15.2. The van der Waals surface area contributed by atoms with Crippen molar-refractivity contribution in [3.8, 4) is 0 Å². The Kier molecular flexibility index (Phi) is 4.41. The predicted octanol–water partition coefficient (Wildman–Crippen LogP) is 3.36. The second-order valence-electron chi connectivity index (χ2n) is 5.95. The van der Waals surface area contributed by atoms with E-state index in [-0.39, 0.29) is 11.6 Å². The second-order valence-corrected chi connectivity index (χ2v) is 5.95. The van der Waals surface area contributed by atoms with Crippen molar-refractivity contribution in [2.45, 2.75) is 38.8 Å². The molecule has 20 heavy (non-hydrogen) atoms. The largest absolute Gasteiger partial charge is 0.329 e. The fraction of sp³-hybridized carbons (Fsp3) is 0.471. The first-order chi connectivity index (χ1) is 9.51. The van der Waals surface area contributed by atoms with Gasteiger partial charge in [-0.3, -0.25) is 9.88 Å². The molecule has 0 saturated carbocycles. The lowest BCUT2D eigenvalue weighted by molar-refractivity contribution is 0.101. The van der Waals surface area contributed by atoms with Gasteiger partial charge in [0, 0.05) is 29.7 Å². The molecule has 2 N–H and O–H groups in total. The van der Waals surface area contributed by atoms with Crippen molar-refractivity contribution in [3.05, 3.63) is 42.1 Å². The van der Waals surface area contributed by atoms with Gasteiger partial charge in [-0.15, -0.1) is 0 Å². The molecule has 3 heteroatoms. The molecule has 3 nitrogen and oxygen atoms in total. The lowest BCUT2D eigenvalue weighted by atomic mass is 9.94. The van der Waals surface area contributed by atoms with E-state index in [0.717, 1.165) is 11.9 Å². The van der Waals surface area contributed by atoms with Gasteiger partial charge in [0.25, 0.3) is 0 Å². The summed E-state index contributed by atoms with van der Waals surface area (Å²) >= 11 is 0. The molecule has 1 heterocycles. The molecule has 1 atom stereocenters. The first-order valence-electron chi connectivity index (χ1n) is 7.28. The minimum Gasteiger partial charge on any atom is -0.329 e. The number of hydrogen-bond donors (Lipinski definition) is 1. The van der Waals surface area contributed by atoms with Crippen molar-refractivity contribution in [2.75, 3.05) is 13.6 Å². The molecule has 0 bridgehead atoms. The Morgan fingerprint density at radius 1 is 1.25 bits per heavy atom. The minimum atomic E-state index is 0.112.